The topological polar surface area (TPSA) is 23.5 Å². The van der Waals surface area contributed by atoms with E-state index in [2.05, 4.69) is 18.7 Å². The van der Waals surface area contributed by atoms with E-state index in [9.17, 15) is 9.50 Å². The lowest BCUT2D eigenvalue weighted by Gasteiger charge is -2.39. The van der Waals surface area contributed by atoms with Gasteiger partial charge in [0.05, 0.1) is 6.10 Å². The number of benzene rings is 1. The van der Waals surface area contributed by atoms with Gasteiger partial charge in [-0.3, -0.25) is 0 Å². The van der Waals surface area contributed by atoms with Crippen LogP contribution in [0.4, 0.5) is 4.39 Å². The van der Waals surface area contributed by atoms with E-state index in [-0.39, 0.29) is 5.82 Å². The lowest BCUT2D eigenvalue weighted by molar-refractivity contribution is 0.0910. The van der Waals surface area contributed by atoms with Gasteiger partial charge in [0.2, 0.25) is 0 Å². The number of hydrogen-bond donors (Lipinski definition) is 1. The summed E-state index contributed by atoms with van der Waals surface area (Å²) in [6.45, 7) is 7.81. The second kappa shape index (κ2) is 6.68. The van der Waals surface area contributed by atoms with Crippen LogP contribution >= 0.6 is 0 Å². The molecule has 1 atom stereocenters. The first-order chi connectivity index (χ1) is 9.52. The maximum atomic E-state index is 12.8. The number of likely N-dealkylation sites (tertiary alicyclic amines) is 1. The molecule has 20 heavy (non-hydrogen) atoms. The molecule has 1 aliphatic rings. The number of piperidine rings is 1. The van der Waals surface area contributed by atoms with Crippen molar-refractivity contribution in [1.29, 1.82) is 0 Å². The lowest BCUT2D eigenvalue weighted by Crippen LogP contribution is -2.39. The Bertz CT molecular complexity index is 410. The molecule has 3 heteroatoms. The highest BCUT2D eigenvalue weighted by Gasteiger charge is 2.28. The number of aliphatic hydroxyl groups is 1. The van der Waals surface area contributed by atoms with Crippen molar-refractivity contribution in [2.24, 2.45) is 5.41 Å². The van der Waals surface area contributed by atoms with Crippen molar-refractivity contribution in [3.05, 3.63) is 35.6 Å². The molecule has 0 radical (unpaired) electrons. The van der Waals surface area contributed by atoms with Crippen LogP contribution < -0.4 is 0 Å². The summed E-state index contributed by atoms with van der Waals surface area (Å²) in [7, 11) is 0. The average molecular weight is 279 g/mol. The molecular formula is C17H26FNO. The zero-order chi connectivity index (χ0) is 14.6. The highest BCUT2D eigenvalue weighted by atomic mass is 19.1. The molecule has 0 aromatic heterocycles. The Morgan fingerprint density at radius 3 is 2.40 bits per heavy atom. The average Bonchev–Trinajstić information content (AvgIpc) is 2.47. The van der Waals surface area contributed by atoms with Crippen LogP contribution in [0.3, 0.4) is 0 Å². The van der Waals surface area contributed by atoms with Gasteiger partial charge in [-0.25, -0.2) is 4.39 Å². The van der Waals surface area contributed by atoms with Crippen molar-refractivity contribution < 1.29 is 9.50 Å². The van der Waals surface area contributed by atoms with Crippen LogP contribution in [0.15, 0.2) is 24.3 Å². The minimum absolute atomic E-state index is 0.254. The lowest BCUT2D eigenvalue weighted by atomic mass is 9.78. The standard InChI is InChI=1S/C17H26FNO/c1-3-17(2)9-12-19(13-10-17)11-8-16(20)14-4-6-15(18)7-5-14/h4-7,16,20H,3,8-13H2,1-2H3. The smallest absolute Gasteiger partial charge is 0.123 e. The van der Waals surface area contributed by atoms with Gasteiger partial charge in [-0.15, -0.1) is 0 Å². The van der Waals surface area contributed by atoms with E-state index in [1.54, 1.807) is 12.1 Å². The van der Waals surface area contributed by atoms with Gasteiger partial charge in [0.25, 0.3) is 0 Å². The molecule has 1 unspecified atom stereocenters. The van der Waals surface area contributed by atoms with Crippen LogP contribution in [-0.2, 0) is 0 Å². The largest absolute Gasteiger partial charge is 0.388 e. The first-order valence-corrected chi connectivity index (χ1v) is 7.68. The van der Waals surface area contributed by atoms with Gasteiger partial charge in [0, 0.05) is 6.54 Å². The molecule has 1 aliphatic heterocycles. The molecule has 1 aromatic carbocycles. The Hall–Kier alpha value is -0.930. The van der Waals surface area contributed by atoms with E-state index in [1.165, 1.54) is 31.4 Å². The van der Waals surface area contributed by atoms with Crippen molar-refractivity contribution in [1.82, 2.24) is 4.90 Å². The van der Waals surface area contributed by atoms with E-state index in [1.807, 2.05) is 0 Å². The van der Waals surface area contributed by atoms with E-state index in [0.29, 0.717) is 11.8 Å². The Morgan fingerprint density at radius 1 is 1.25 bits per heavy atom. The second-order valence-corrected chi connectivity index (χ2v) is 6.36. The third-order valence-electron chi connectivity index (χ3n) is 4.89. The van der Waals surface area contributed by atoms with Crippen LogP contribution in [0.2, 0.25) is 0 Å². The van der Waals surface area contributed by atoms with Gasteiger partial charge in [0.1, 0.15) is 5.82 Å². The Morgan fingerprint density at radius 2 is 1.85 bits per heavy atom. The van der Waals surface area contributed by atoms with Crippen molar-refractivity contribution in [2.75, 3.05) is 19.6 Å². The van der Waals surface area contributed by atoms with E-state index in [0.717, 1.165) is 25.2 Å². The maximum absolute atomic E-state index is 12.8. The van der Waals surface area contributed by atoms with Crippen LogP contribution in [-0.4, -0.2) is 29.6 Å². The van der Waals surface area contributed by atoms with Crippen molar-refractivity contribution in [3.63, 3.8) is 0 Å². The maximum Gasteiger partial charge on any atom is 0.123 e. The van der Waals surface area contributed by atoms with Gasteiger partial charge in [-0.2, -0.15) is 0 Å². The fourth-order valence-corrected chi connectivity index (χ4v) is 2.83. The molecule has 1 heterocycles. The molecule has 1 N–H and O–H groups in total. The predicted octanol–water partition coefficient (Wildman–Crippen LogP) is 3.76. The molecule has 0 saturated carbocycles. The normalized spacial score (nSPS) is 20.8. The molecular weight excluding hydrogens is 253 g/mol. The summed E-state index contributed by atoms with van der Waals surface area (Å²) in [6, 6.07) is 6.16. The molecule has 0 spiro atoms. The summed E-state index contributed by atoms with van der Waals surface area (Å²) in [5.74, 6) is -0.254. The van der Waals surface area contributed by atoms with Gasteiger partial charge >= 0.3 is 0 Å². The summed E-state index contributed by atoms with van der Waals surface area (Å²) >= 11 is 0. The third kappa shape index (κ3) is 4.03. The van der Waals surface area contributed by atoms with Gasteiger partial charge in [-0.1, -0.05) is 32.4 Å². The minimum atomic E-state index is -0.491. The van der Waals surface area contributed by atoms with Crippen LogP contribution in [0.25, 0.3) is 0 Å². The van der Waals surface area contributed by atoms with E-state index >= 15 is 0 Å². The second-order valence-electron chi connectivity index (χ2n) is 6.36. The number of nitrogens with zero attached hydrogens (tertiary/aromatic N) is 1. The van der Waals surface area contributed by atoms with E-state index < -0.39 is 6.10 Å². The molecule has 0 amide bonds. The van der Waals surface area contributed by atoms with Crippen molar-refractivity contribution in [3.8, 4) is 0 Å². The summed E-state index contributed by atoms with van der Waals surface area (Å²) < 4.78 is 12.8. The van der Waals surface area contributed by atoms with Gasteiger partial charge < -0.3 is 10.0 Å². The summed E-state index contributed by atoms with van der Waals surface area (Å²) in [5.41, 5.74) is 1.31. The molecule has 1 saturated heterocycles. The number of hydrogen-bond acceptors (Lipinski definition) is 2. The SMILES string of the molecule is CCC1(C)CCN(CCC(O)c2ccc(F)cc2)CC1. The van der Waals surface area contributed by atoms with Gasteiger partial charge in [0.15, 0.2) is 0 Å². The van der Waals surface area contributed by atoms with Crippen LogP contribution in [0.5, 0.6) is 0 Å². The number of halogens is 1. The summed E-state index contributed by atoms with van der Waals surface area (Å²) in [4.78, 5) is 2.43. The summed E-state index contributed by atoms with van der Waals surface area (Å²) in [6.07, 6.45) is 3.97. The van der Waals surface area contributed by atoms with Crippen molar-refractivity contribution >= 4 is 0 Å². The first kappa shape index (κ1) is 15.5. The van der Waals surface area contributed by atoms with Crippen LogP contribution in [0, 0.1) is 11.2 Å². The predicted molar refractivity (Wildman–Crippen MR) is 80.0 cm³/mol. The monoisotopic (exact) mass is 279 g/mol. The Balaban J connectivity index is 1.77. The minimum Gasteiger partial charge on any atom is -0.388 e. The van der Waals surface area contributed by atoms with E-state index in [4.69, 9.17) is 0 Å². The highest BCUT2D eigenvalue weighted by molar-refractivity contribution is 5.18. The van der Waals surface area contributed by atoms with Gasteiger partial charge in [-0.05, 0) is 55.5 Å². The zero-order valence-electron chi connectivity index (χ0n) is 12.6. The fraction of sp³-hybridized carbons (Fsp3) is 0.647. The fourth-order valence-electron chi connectivity index (χ4n) is 2.83. The molecule has 2 rings (SSSR count). The molecule has 0 aliphatic carbocycles. The van der Waals surface area contributed by atoms with Crippen LogP contribution in [0.1, 0.15) is 51.2 Å². The molecule has 0 bridgehead atoms. The first-order valence-electron chi connectivity index (χ1n) is 7.68. The Labute approximate surface area is 121 Å². The third-order valence-corrected chi connectivity index (χ3v) is 4.89. The highest BCUT2D eigenvalue weighted by Crippen LogP contribution is 2.34. The van der Waals surface area contributed by atoms with Crippen molar-refractivity contribution in [2.45, 2.75) is 45.6 Å². The number of rotatable bonds is 5. The molecule has 2 nitrogen and oxygen atoms in total. The number of aliphatic hydroxyl groups excluding tert-OH is 1. The zero-order valence-corrected chi connectivity index (χ0v) is 12.6. The quantitative estimate of drug-likeness (QED) is 0.887. The molecule has 1 fully saturated rings. The molecule has 112 valence electrons. The molecule has 1 aromatic rings. The summed E-state index contributed by atoms with van der Waals surface area (Å²) in [5, 5.41) is 10.1. The Kier molecular flexibility index (Phi) is 5.17.